The molecule has 2 rings (SSSR count). The fraction of sp³-hybridized carbons (Fsp3) is 0.133. The van der Waals surface area contributed by atoms with Gasteiger partial charge in [-0.2, -0.15) is 5.26 Å². The van der Waals surface area contributed by atoms with Crippen LogP contribution in [-0.2, 0) is 0 Å². The molecule has 0 aliphatic heterocycles. The van der Waals surface area contributed by atoms with Crippen LogP contribution in [0.4, 0.5) is 5.69 Å². The summed E-state index contributed by atoms with van der Waals surface area (Å²) in [6, 6.07) is 8.25. The standard InChI is InChI=1S/C15H11ClN2O3/c1-8-12(14(19)13(16)9(2)21-8)15(20)18-11-5-3-10(7-17)4-6-11/h3-6H,1-2H3,(H,18,20). The number of nitriles is 1. The van der Waals surface area contributed by atoms with Crippen LogP contribution in [0.3, 0.4) is 0 Å². The summed E-state index contributed by atoms with van der Waals surface area (Å²) in [6.07, 6.45) is 0. The van der Waals surface area contributed by atoms with E-state index in [1.54, 1.807) is 31.2 Å². The molecule has 1 amide bonds. The molecule has 2 aromatic rings. The first kappa shape index (κ1) is 14.8. The van der Waals surface area contributed by atoms with E-state index in [4.69, 9.17) is 21.3 Å². The lowest BCUT2D eigenvalue weighted by Crippen LogP contribution is -2.23. The van der Waals surface area contributed by atoms with E-state index in [2.05, 4.69) is 5.32 Å². The number of hydrogen-bond acceptors (Lipinski definition) is 4. The number of rotatable bonds is 2. The van der Waals surface area contributed by atoms with E-state index >= 15 is 0 Å². The number of benzene rings is 1. The first-order valence-corrected chi connectivity index (χ1v) is 6.43. The van der Waals surface area contributed by atoms with Crippen molar-refractivity contribution in [1.29, 1.82) is 5.26 Å². The van der Waals surface area contributed by atoms with E-state index in [9.17, 15) is 9.59 Å². The Labute approximate surface area is 125 Å². The molecular weight excluding hydrogens is 292 g/mol. The molecule has 1 aromatic heterocycles. The van der Waals surface area contributed by atoms with Gasteiger partial charge >= 0.3 is 0 Å². The SMILES string of the molecule is Cc1oc(C)c(C(=O)Nc2ccc(C#N)cc2)c(=O)c1Cl. The van der Waals surface area contributed by atoms with Gasteiger partial charge in [0, 0.05) is 5.69 Å². The third-order valence-electron chi connectivity index (χ3n) is 2.89. The van der Waals surface area contributed by atoms with Gasteiger partial charge in [0.05, 0.1) is 11.6 Å². The van der Waals surface area contributed by atoms with Crippen LogP contribution >= 0.6 is 11.6 Å². The molecule has 0 radical (unpaired) electrons. The minimum Gasteiger partial charge on any atom is -0.464 e. The molecule has 0 aliphatic carbocycles. The third kappa shape index (κ3) is 2.96. The molecule has 0 aliphatic rings. The molecule has 106 valence electrons. The Morgan fingerprint density at radius 1 is 1.24 bits per heavy atom. The van der Waals surface area contributed by atoms with Crippen LogP contribution in [0.15, 0.2) is 33.5 Å². The number of aryl methyl sites for hydroxylation is 2. The average Bonchev–Trinajstić information content (AvgIpc) is 2.45. The molecule has 6 heteroatoms. The lowest BCUT2D eigenvalue weighted by molar-refractivity contribution is 0.102. The van der Waals surface area contributed by atoms with Crippen molar-refractivity contribution in [3.05, 3.63) is 62.2 Å². The minimum absolute atomic E-state index is 0.106. The van der Waals surface area contributed by atoms with E-state index in [0.717, 1.165) is 0 Å². The predicted molar refractivity (Wildman–Crippen MR) is 78.6 cm³/mol. The van der Waals surface area contributed by atoms with E-state index in [1.165, 1.54) is 6.92 Å². The molecule has 1 aromatic carbocycles. The van der Waals surface area contributed by atoms with Crippen molar-refractivity contribution in [2.75, 3.05) is 5.32 Å². The molecular formula is C15H11ClN2O3. The number of hydrogen-bond donors (Lipinski definition) is 1. The van der Waals surface area contributed by atoms with Gasteiger partial charge in [0.25, 0.3) is 5.91 Å². The minimum atomic E-state index is -0.604. The van der Waals surface area contributed by atoms with Crippen LogP contribution in [0.2, 0.25) is 5.02 Å². The quantitative estimate of drug-likeness (QED) is 0.924. The Hall–Kier alpha value is -2.58. The van der Waals surface area contributed by atoms with E-state index in [0.29, 0.717) is 11.3 Å². The van der Waals surface area contributed by atoms with Crippen LogP contribution in [-0.4, -0.2) is 5.91 Å². The topological polar surface area (TPSA) is 83.1 Å². The molecule has 0 unspecified atom stereocenters. The number of amides is 1. The van der Waals surface area contributed by atoms with Crippen molar-refractivity contribution >= 4 is 23.2 Å². The fourth-order valence-corrected chi connectivity index (χ4v) is 1.97. The van der Waals surface area contributed by atoms with Gasteiger partial charge in [0.1, 0.15) is 22.1 Å². The zero-order chi connectivity index (χ0) is 15.6. The number of anilines is 1. The highest BCUT2D eigenvalue weighted by Gasteiger charge is 2.19. The van der Waals surface area contributed by atoms with Crippen molar-refractivity contribution in [3.8, 4) is 6.07 Å². The van der Waals surface area contributed by atoms with Gasteiger partial charge in [-0.1, -0.05) is 11.6 Å². The van der Waals surface area contributed by atoms with Crippen LogP contribution in [0.1, 0.15) is 27.4 Å². The Morgan fingerprint density at radius 3 is 2.43 bits per heavy atom. The largest absolute Gasteiger partial charge is 0.464 e. The maximum atomic E-state index is 12.2. The monoisotopic (exact) mass is 302 g/mol. The molecule has 0 spiro atoms. The molecule has 0 saturated heterocycles. The molecule has 1 heterocycles. The average molecular weight is 303 g/mol. The number of carbonyl (C=O) groups excluding carboxylic acids is 1. The smallest absolute Gasteiger partial charge is 0.263 e. The molecule has 0 bridgehead atoms. The second-order valence-electron chi connectivity index (χ2n) is 4.38. The number of carbonyl (C=O) groups is 1. The van der Waals surface area contributed by atoms with Crippen LogP contribution in [0, 0.1) is 25.2 Å². The summed E-state index contributed by atoms with van der Waals surface area (Å²) in [4.78, 5) is 24.2. The van der Waals surface area contributed by atoms with E-state index in [1.807, 2.05) is 6.07 Å². The Balaban J connectivity index is 2.35. The highest BCUT2D eigenvalue weighted by molar-refractivity contribution is 6.31. The van der Waals surface area contributed by atoms with Gasteiger partial charge in [-0.15, -0.1) is 0 Å². The summed E-state index contributed by atoms with van der Waals surface area (Å²) in [5.41, 5.74) is 0.246. The summed E-state index contributed by atoms with van der Waals surface area (Å²) in [5, 5.41) is 11.2. The number of nitrogens with one attached hydrogen (secondary N) is 1. The molecule has 0 saturated carbocycles. The van der Waals surface area contributed by atoms with Gasteiger partial charge in [0.2, 0.25) is 5.43 Å². The Bertz CT molecular complexity index is 801. The lowest BCUT2D eigenvalue weighted by Gasteiger charge is -2.08. The zero-order valence-corrected chi connectivity index (χ0v) is 12.1. The molecule has 1 N–H and O–H groups in total. The summed E-state index contributed by atoms with van der Waals surface area (Å²) < 4.78 is 5.28. The third-order valence-corrected chi connectivity index (χ3v) is 3.33. The maximum absolute atomic E-state index is 12.2. The lowest BCUT2D eigenvalue weighted by atomic mass is 10.1. The fourth-order valence-electron chi connectivity index (χ4n) is 1.84. The number of nitrogens with zero attached hydrogens (tertiary/aromatic N) is 1. The van der Waals surface area contributed by atoms with Crippen molar-refractivity contribution < 1.29 is 9.21 Å². The normalized spacial score (nSPS) is 10.0. The summed E-state index contributed by atoms with van der Waals surface area (Å²) in [7, 11) is 0. The number of halogens is 1. The van der Waals surface area contributed by atoms with Gasteiger partial charge in [-0.3, -0.25) is 9.59 Å². The molecule has 0 fully saturated rings. The first-order valence-electron chi connectivity index (χ1n) is 6.05. The van der Waals surface area contributed by atoms with Crippen LogP contribution in [0.25, 0.3) is 0 Å². The Kier molecular flexibility index (Phi) is 4.10. The van der Waals surface area contributed by atoms with Gasteiger partial charge < -0.3 is 9.73 Å². The highest BCUT2D eigenvalue weighted by atomic mass is 35.5. The van der Waals surface area contributed by atoms with Gasteiger partial charge in [-0.05, 0) is 38.1 Å². The maximum Gasteiger partial charge on any atom is 0.263 e. The molecule has 5 nitrogen and oxygen atoms in total. The van der Waals surface area contributed by atoms with E-state index < -0.39 is 11.3 Å². The highest BCUT2D eigenvalue weighted by Crippen LogP contribution is 2.16. The first-order chi connectivity index (χ1) is 9.93. The summed E-state index contributed by atoms with van der Waals surface area (Å²) in [5.74, 6) is -0.130. The van der Waals surface area contributed by atoms with Crippen LogP contribution in [0.5, 0.6) is 0 Å². The second-order valence-corrected chi connectivity index (χ2v) is 4.75. The molecule has 21 heavy (non-hydrogen) atoms. The van der Waals surface area contributed by atoms with Crippen molar-refractivity contribution in [1.82, 2.24) is 0 Å². The summed E-state index contributed by atoms with van der Waals surface area (Å²) >= 11 is 5.82. The van der Waals surface area contributed by atoms with Crippen molar-refractivity contribution in [3.63, 3.8) is 0 Å². The van der Waals surface area contributed by atoms with Crippen molar-refractivity contribution in [2.24, 2.45) is 0 Å². The zero-order valence-electron chi connectivity index (χ0n) is 11.4. The van der Waals surface area contributed by atoms with E-state index in [-0.39, 0.29) is 22.1 Å². The Morgan fingerprint density at radius 2 is 1.86 bits per heavy atom. The summed E-state index contributed by atoms with van der Waals surface area (Å²) in [6.45, 7) is 3.08. The van der Waals surface area contributed by atoms with Crippen LogP contribution < -0.4 is 10.7 Å². The predicted octanol–water partition coefficient (Wildman–Crippen LogP) is 3.03. The van der Waals surface area contributed by atoms with Crippen molar-refractivity contribution in [2.45, 2.75) is 13.8 Å². The molecule has 0 atom stereocenters. The van der Waals surface area contributed by atoms with Gasteiger partial charge in [-0.25, -0.2) is 0 Å². The van der Waals surface area contributed by atoms with Gasteiger partial charge in [0.15, 0.2) is 0 Å². The second kappa shape index (κ2) is 5.81.